The predicted octanol–water partition coefficient (Wildman–Crippen LogP) is 3.06. The van der Waals surface area contributed by atoms with Crippen molar-refractivity contribution >= 4 is 28.7 Å². The van der Waals surface area contributed by atoms with Crippen LogP contribution in [0.5, 0.6) is 0 Å². The van der Waals surface area contributed by atoms with Gasteiger partial charge in [0.25, 0.3) is 0 Å². The van der Waals surface area contributed by atoms with E-state index in [0.29, 0.717) is 22.5 Å². The molecule has 16 heavy (non-hydrogen) atoms. The van der Waals surface area contributed by atoms with Crippen molar-refractivity contribution in [3.8, 4) is 0 Å². The number of benzene rings is 1. The van der Waals surface area contributed by atoms with Gasteiger partial charge in [-0.25, -0.2) is 4.98 Å². The molecule has 0 amide bonds. The molecule has 0 radical (unpaired) electrons. The fraction of sp³-hybridized carbons (Fsp3) is 0.273. The van der Waals surface area contributed by atoms with E-state index in [1.165, 1.54) is 0 Å². The van der Waals surface area contributed by atoms with Crippen LogP contribution in [-0.4, -0.2) is 16.1 Å². The summed E-state index contributed by atoms with van der Waals surface area (Å²) in [6, 6.07) is 5.03. The first-order valence-electron chi connectivity index (χ1n) is 4.90. The highest BCUT2D eigenvalue weighted by atomic mass is 35.5. The number of nitrogens with zero attached hydrogens (tertiary/aromatic N) is 1. The Labute approximate surface area is 96.8 Å². The Morgan fingerprint density at radius 1 is 1.62 bits per heavy atom. The Kier molecular flexibility index (Phi) is 2.83. The molecule has 1 heterocycles. The summed E-state index contributed by atoms with van der Waals surface area (Å²) in [5.41, 5.74) is 1.14. The minimum Gasteiger partial charge on any atom is -0.481 e. The second-order valence-electron chi connectivity index (χ2n) is 3.46. The van der Waals surface area contributed by atoms with E-state index >= 15 is 0 Å². The van der Waals surface area contributed by atoms with Gasteiger partial charge >= 0.3 is 5.97 Å². The highest BCUT2D eigenvalue weighted by Crippen LogP contribution is 2.25. The zero-order chi connectivity index (χ0) is 11.7. The first-order valence-corrected chi connectivity index (χ1v) is 5.28. The lowest BCUT2D eigenvalue weighted by Crippen LogP contribution is -2.10. The number of carboxylic acid groups (broad SMARTS) is 1. The van der Waals surface area contributed by atoms with Crippen LogP contribution < -0.4 is 0 Å². The molecule has 84 valence electrons. The maximum atomic E-state index is 10.9. The number of fused-ring (bicyclic) bond motifs is 1. The smallest absolute Gasteiger partial charge is 0.315 e. The lowest BCUT2D eigenvalue weighted by molar-refractivity contribution is -0.139. The third-order valence-electron chi connectivity index (χ3n) is 2.37. The van der Waals surface area contributed by atoms with Crippen molar-refractivity contribution in [3.05, 3.63) is 29.1 Å². The molecule has 1 aromatic heterocycles. The molecule has 0 aliphatic heterocycles. The maximum Gasteiger partial charge on any atom is 0.315 e. The minimum atomic E-state index is -0.930. The number of aromatic nitrogens is 1. The van der Waals surface area contributed by atoms with E-state index in [4.69, 9.17) is 21.1 Å². The number of hydrogen-bond acceptors (Lipinski definition) is 3. The Morgan fingerprint density at radius 3 is 3.00 bits per heavy atom. The Hall–Kier alpha value is -1.55. The fourth-order valence-corrected chi connectivity index (χ4v) is 1.68. The molecule has 0 saturated heterocycles. The Morgan fingerprint density at radius 2 is 2.38 bits per heavy atom. The zero-order valence-electron chi connectivity index (χ0n) is 8.61. The summed E-state index contributed by atoms with van der Waals surface area (Å²) >= 11 is 5.80. The van der Waals surface area contributed by atoms with Gasteiger partial charge in [0.2, 0.25) is 5.89 Å². The van der Waals surface area contributed by atoms with Crippen molar-refractivity contribution in [3.63, 3.8) is 0 Å². The average Bonchev–Trinajstić information content (AvgIpc) is 2.60. The average molecular weight is 240 g/mol. The van der Waals surface area contributed by atoms with Crippen LogP contribution in [0.4, 0.5) is 0 Å². The molecule has 0 aliphatic rings. The summed E-state index contributed by atoms with van der Waals surface area (Å²) in [6.45, 7) is 1.78. The molecule has 4 nitrogen and oxygen atoms in total. The van der Waals surface area contributed by atoms with Crippen LogP contribution in [0.2, 0.25) is 5.02 Å². The van der Waals surface area contributed by atoms with Gasteiger partial charge in [-0.3, -0.25) is 4.79 Å². The zero-order valence-corrected chi connectivity index (χ0v) is 9.36. The number of carboxylic acids is 1. The van der Waals surface area contributed by atoms with Gasteiger partial charge in [0.15, 0.2) is 5.58 Å². The number of rotatable bonds is 3. The molecular weight excluding hydrogens is 230 g/mol. The molecule has 1 N–H and O–H groups in total. The van der Waals surface area contributed by atoms with Crippen LogP contribution in [0.25, 0.3) is 11.1 Å². The van der Waals surface area contributed by atoms with E-state index in [1.807, 2.05) is 0 Å². The Bertz CT molecular complexity index is 535. The van der Waals surface area contributed by atoms with Crippen LogP contribution in [0.15, 0.2) is 22.6 Å². The van der Waals surface area contributed by atoms with Gasteiger partial charge in [0, 0.05) is 11.1 Å². The van der Waals surface area contributed by atoms with Crippen molar-refractivity contribution in [1.29, 1.82) is 0 Å². The molecule has 0 aliphatic carbocycles. The van der Waals surface area contributed by atoms with Gasteiger partial charge in [-0.1, -0.05) is 18.5 Å². The summed E-state index contributed by atoms with van der Waals surface area (Å²) in [5.74, 6) is -1.40. The molecule has 1 unspecified atom stereocenters. The van der Waals surface area contributed by atoms with Gasteiger partial charge < -0.3 is 9.52 Å². The number of oxazole rings is 1. The number of carbonyl (C=O) groups is 1. The molecule has 2 aromatic rings. The molecule has 1 atom stereocenters. The van der Waals surface area contributed by atoms with Crippen LogP contribution in [-0.2, 0) is 4.79 Å². The summed E-state index contributed by atoms with van der Waals surface area (Å²) in [6.07, 6.45) is 0.440. The largest absolute Gasteiger partial charge is 0.481 e. The lowest BCUT2D eigenvalue weighted by atomic mass is 10.1. The Balaban J connectivity index is 2.49. The van der Waals surface area contributed by atoms with Gasteiger partial charge in [-0.2, -0.15) is 0 Å². The quantitative estimate of drug-likeness (QED) is 0.894. The third-order valence-corrected chi connectivity index (χ3v) is 2.61. The van der Waals surface area contributed by atoms with Crippen LogP contribution in [0.1, 0.15) is 25.2 Å². The number of halogens is 1. The molecule has 0 spiro atoms. The van der Waals surface area contributed by atoms with E-state index in [1.54, 1.807) is 25.1 Å². The third kappa shape index (κ3) is 1.88. The number of aliphatic carboxylic acids is 1. The van der Waals surface area contributed by atoms with Crippen molar-refractivity contribution in [2.45, 2.75) is 19.3 Å². The van der Waals surface area contributed by atoms with Crippen molar-refractivity contribution in [2.24, 2.45) is 0 Å². The van der Waals surface area contributed by atoms with Crippen molar-refractivity contribution in [1.82, 2.24) is 4.98 Å². The molecule has 0 saturated carbocycles. The van der Waals surface area contributed by atoms with Gasteiger partial charge in [0.05, 0.1) is 0 Å². The van der Waals surface area contributed by atoms with E-state index < -0.39 is 11.9 Å². The second-order valence-corrected chi connectivity index (χ2v) is 3.90. The van der Waals surface area contributed by atoms with Gasteiger partial charge in [0.1, 0.15) is 11.4 Å². The fourth-order valence-electron chi connectivity index (χ4n) is 1.52. The van der Waals surface area contributed by atoms with Crippen molar-refractivity contribution in [2.75, 3.05) is 0 Å². The summed E-state index contributed by atoms with van der Waals surface area (Å²) in [7, 11) is 0. The monoisotopic (exact) mass is 239 g/mol. The molecule has 0 bridgehead atoms. The normalized spacial score (nSPS) is 12.9. The SMILES string of the molecule is CCC(C(=O)O)c1nc2ccc(Cl)cc2o1. The van der Waals surface area contributed by atoms with Gasteiger partial charge in [-0.15, -0.1) is 0 Å². The van der Waals surface area contributed by atoms with Crippen LogP contribution in [0, 0.1) is 0 Å². The van der Waals surface area contributed by atoms with E-state index in [9.17, 15) is 4.79 Å². The van der Waals surface area contributed by atoms with Crippen LogP contribution in [0.3, 0.4) is 0 Å². The standard InChI is InChI=1S/C11H10ClNO3/c1-2-7(11(14)15)10-13-8-4-3-6(12)5-9(8)16-10/h3-5,7H,2H2,1H3,(H,14,15). The molecule has 5 heteroatoms. The second kappa shape index (κ2) is 4.14. The summed E-state index contributed by atoms with van der Waals surface area (Å²) in [4.78, 5) is 15.1. The van der Waals surface area contributed by atoms with E-state index in [0.717, 1.165) is 0 Å². The first-order chi connectivity index (χ1) is 7.61. The maximum absolute atomic E-state index is 10.9. The first kappa shape index (κ1) is 11.0. The molecular formula is C11H10ClNO3. The number of hydrogen-bond donors (Lipinski definition) is 1. The summed E-state index contributed by atoms with van der Waals surface area (Å²) < 4.78 is 5.39. The topological polar surface area (TPSA) is 63.3 Å². The minimum absolute atomic E-state index is 0.229. The van der Waals surface area contributed by atoms with E-state index in [2.05, 4.69) is 4.98 Å². The predicted molar refractivity (Wildman–Crippen MR) is 59.7 cm³/mol. The highest BCUT2D eigenvalue weighted by molar-refractivity contribution is 6.31. The van der Waals surface area contributed by atoms with E-state index in [-0.39, 0.29) is 5.89 Å². The lowest BCUT2D eigenvalue weighted by Gasteiger charge is -2.02. The highest BCUT2D eigenvalue weighted by Gasteiger charge is 2.23. The van der Waals surface area contributed by atoms with Gasteiger partial charge in [-0.05, 0) is 18.6 Å². The molecule has 2 rings (SSSR count). The van der Waals surface area contributed by atoms with Crippen molar-refractivity contribution < 1.29 is 14.3 Å². The summed E-state index contributed by atoms with van der Waals surface area (Å²) in [5, 5.41) is 9.52. The van der Waals surface area contributed by atoms with Crippen LogP contribution >= 0.6 is 11.6 Å². The molecule has 1 aromatic carbocycles. The molecule has 0 fully saturated rings.